The molecule has 1 aromatic heterocycles. The van der Waals surface area contributed by atoms with E-state index in [0.717, 1.165) is 71.9 Å². The maximum Gasteiger partial charge on any atom is 0.290 e. The van der Waals surface area contributed by atoms with Crippen LogP contribution in [-0.4, -0.2) is 66.0 Å². The SMILES string of the molecule is Cc1cc(-c2ccc(OCCN3CCOCC3)cc2)nc2c(C)c(CO)ccc12.O=CO. The van der Waals surface area contributed by atoms with Crippen LogP contribution in [0.1, 0.15) is 16.7 Å². The number of aliphatic hydroxyl groups excluding tert-OH is 1. The van der Waals surface area contributed by atoms with Gasteiger partial charge in [-0.05, 0) is 60.9 Å². The van der Waals surface area contributed by atoms with Crippen LogP contribution in [0.25, 0.3) is 22.2 Å². The van der Waals surface area contributed by atoms with Gasteiger partial charge in [0, 0.05) is 30.6 Å². The highest BCUT2D eigenvalue weighted by molar-refractivity contribution is 5.88. The van der Waals surface area contributed by atoms with E-state index in [0.29, 0.717) is 6.61 Å². The number of benzene rings is 2. The normalized spacial score (nSPS) is 14.0. The van der Waals surface area contributed by atoms with Crippen molar-refractivity contribution in [2.24, 2.45) is 0 Å². The molecule has 0 aliphatic carbocycles. The van der Waals surface area contributed by atoms with Crippen LogP contribution in [0.3, 0.4) is 0 Å². The summed E-state index contributed by atoms with van der Waals surface area (Å²) in [5.41, 5.74) is 6.10. The van der Waals surface area contributed by atoms with Crippen molar-refractivity contribution in [1.29, 1.82) is 0 Å². The van der Waals surface area contributed by atoms with Crippen LogP contribution in [0.5, 0.6) is 5.75 Å². The van der Waals surface area contributed by atoms with Crippen LogP contribution in [-0.2, 0) is 16.1 Å². The summed E-state index contributed by atoms with van der Waals surface area (Å²) in [5, 5.41) is 17.6. The van der Waals surface area contributed by atoms with Gasteiger partial charge in [0.05, 0.1) is 31.0 Å². The van der Waals surface area contributed by atoms with E-state index >= 15 is 0 Å². The molecule has 2 aromatic carbocycles. The second-order valence-electron chi connectivity index (χ2n) is 7.66. The number of ether oxygens (including phenoxy) is 2. The molecule has 4 rings (SSSR count). The summed E-state index contributed by atoms with van der Waals surface area (Å²) < 4.78 is 11.3. The standard InChI is InChI=1S/C24H28N2O3.CH2O2/c1-17-15-23(25-24-18(2)20(16-27)5-8-22(17)24)19-3-6-21(7-4-19)29-14-11-26-9-12-28-13-10-26;2-1-3/h3-8,15,27H,9-14,16H2,1-2H3;1H,(H,2,3). The van der Waals surface area contributed by atoms with Gasteiger partial charge < -0.3 is 19.7 Å². The topological polar surface area (TPSA) is 92.1 Å². The van der Waals surface area contributed by atoms with Crippen molar-refractivity contribution in [2.45, 2.75) is 20.5 Å². The molecule has 0 saturated carbocycles. The monoisotopic (exact) mass is 438 g/mol. The number of carboxylic acid groups (broad SMARTS) is 1. The molecule has 32 heavy (non-hydrogen) atoms. The summed E-state index contributed by atoms with van der Waals surface area (Å²) in [6, 6.07) is 14.3. The number of hydrogen-bond acceptors (Lipinski definition) is 6. The first-order chi connectivity index (χ1) is 15.6. The third-order valence-electron chi connectivity index (χ3n) is 5.65. The Balaban J connectivity index is 0.000000913. The van der Waals surface area contributed by atoms with Gasteiger partial charge in [-0.1, -0.05) is 12.1 Å². The molecule has 0 spiro atoms. The van der Waals surface area contributed by atoms with Gasteiger partial charge in [0.1, 0.15) is 12.4 Å². The highest BCUT2D eigenvalue weighted by Crippen LogP contribution is 2.29. The fourth-order valence-electron chi connectivity index (χ4n) is 3.80. The second-order valence-corrected chi connectivity index (χ2v) is 7.66. The molecule has 0 atom stereocenters. The molecule has 1 aliphatic rings. The van der Waals surface area contributed by atoms with Gasteiger partial charge in [-0.3, -0.25) is 9.69 Å². The van der Waals surface area contributed by atoms with E-state index in [-0.39, 0.29) is 13.1 Å². The minimum absolute atomic E-state index is 0.0310. The van der Waals surface area contributed by atoms with Crippen LogP contribution in [0, 0.1) is 13.8 Å². The van der Waals surface area contributed by atoms with Gasteiger partial charge in [-0.2, -0.15) is 0 Å². The Morgan fingerprint density at radius 3 is 2.47 bits per heavy atom. The van der Waals surface area contributed by atoms with Gasteiger partial charge in [0.15, 0.2) is 0 Å². The van der Waals surface area contributed by atoms with Crippen molar-refractivity contribution in [1.82, 2.24) is 9.88 Å². The minimum Gasteiger partial charge on any atom is -0.492 e. The number of nitrogens with zero attached hydrogens (tertiary/aromatic N) is 2. The molecule has 0 radical (unpaired) electrons. The van der Waals surface area contributed by atoms with Crippen LogP contribution < -0.4 is 4.74 Å². The van der Waals surface area contributed by atoms with Gasteiger partial charge in [0.25, 0.3) is 6.47 Å². The van der Waals surface area contributed by atoms with Crippen molar-refractivity contribution in [2.75, 3.05) is 39.5 Å². The average Bonchev–Trinajstić information content (AvgIpc) is 2.81. The molecule has 7 nitrogen and oxygen atoms in total. The van der Waals surface area contributed by atoms with E-state index in [1.54, 1.807) is 0 Å². The Hall–Kier alpha value is -3.00. The zero-order chi connectivity index (χ0) is 22.9. The van der Waals surface area contributed by atoms with Crippen LogP contribution >= 0.6 is 0 Å². The third kappa shape index (κ3) is 5.82. The number of aryl methyl sites for hydroxylation is 2. The largest absolute Gasteiger partial charge is 0.492 e. The van der Waals surface area contributed by atoms with Crippen molar-refractivity contribution < 1.29 is 24.5 Å². The number of rotatable bonds is 6. The molecule has 0 bridgehead atoms. The van der Waals surface area contributed by atoms with E-state index < -0.39 is 0 Å². The molecule has 2 heterocycles. The lowest BCUT2D eigenvalue weighted by Crippen LogP contribution is -2.38. The quantitative estimate of drug-likeness (QED) is 0.570. The Morgan fingerprint density at radius 2 is 1.81 bits per heavy atom. The summed E-state index contributed by atoms with van der Waals surface area (Å²) in [4.78, 5) is 15.6. The number of hydrogen-bond donors (Lipinski definition) is 2. The molecular weight excluding hydrogens is 408 g/mol. The second kappa shape index (κ2) is 11.6. The van der Waals surface area contributed by atoms with Gasteiger partial charge in [-0.15, -0.1) is 0 Å². The Morgan fingerprint density at radius 1 is 1.12 bits per heavy atom. The highest BCUT2D eigenvalue weighted by Gasteiger charge is 2.11. The maximum absolute atomic E-state index is 9.57. The van der Waals surface area contributed by atoms with Gasteiger partial charge in [-0.25, -0.2) is 4.98 Å². The smallest absolute Gasteiger partial charge is 0.290 e. The van der Waals surface area contributed by atoms with E-state index in [4.69, 9.17) is 24.4 Å². The van der Waals surface area contributed by atoms with E-state index in [9.17, 15) is 5.11 Å². The Labute approximate surface area is 188 Å². The van der Waals surface area contributed by atoms with Crippen LogP contribution in [0.4, 0.5) is 0 Å². The fraction of sp³-hybridized carbons (Fsp3) is 0.360. The summed E-state index contributed by atoms with van der Waals surface area (Å²) in [7, 11) is 0. The third-order valence-corrected chi connectivity index (χ3v) is 5.65. The first-order valence-corrected chi connectivity index (χ1v) is 10.7. The molecule has 0 unspecified atom stereocenters. The average molecular weight is 439 g/mol. The number of pyridine rings is 1. The molecule has 0 amide bonds. The zero-order valence-corrected chi connectivity index (χ0v) is 18.6. The first-order valence-electron chi connectivity index (χ1n) is 10.7. The lowest BCUT2D eigenvalue weighted by molar-refractivity contribution is -0.122. The predicted molar refractivity (Wildman–Crippen MR) is 124 cm³/mol. The minimum atomic E-state index is -0.250. The highest BCUT2D eigenvalue weighted by atomic mass is 16.5. The Kier molecular flexibility index (Phi) is 8.56. The lowest BCUT2D eigenvalue weighted by atomic mass is 9.99. The molecular formula is C25H30N2O5. The zero-order valence-electron chi connectivity index (χ0n) is 18.6. The van der Waals surface area contributed by atoms with E-state index in [2.05, 4.69) is 30.0 Å². The molecule has 7 heteroatoms. The van der Waals surface area contributed by atoms with E-state index in [1.165, 1.54) is 5.56 Å². The van der Waals surface area contributed by atoms with E-state index in [1.807, 2.05) is 31.2 Å². The van der Waals surface area contributed by atoms with Crippen molar-refractivity contribution >= 4 is 17.4 Å². The number of aromatic nitrogens is 1. The summed E-state index contributed by atoms with van der Waals surface area (Å²) in [6.07, 6.45) is 0. The van der Waals surface area contributed by atoms with Crippen LogP contribution in [0.15, 0.2) is 42.5 Å². The number of aliphatic hydroxyl groups is 1. The molecule has 2 N–H and O–H groups in total. The van der Waals surface area contributed by atoms with Crippen molar-refractivity contribution in [3.05, 3.63) is 59.2 Å². The summed E-state index contributed by atoms with van der Waals surface area (Å²) in [5.74, 6) is 0.873. The molecule has 1 saturated heterocycles. The number of morpholine rings is 1. The first kappa shape index (κ1) is 23.7. The lowest BCUT2D eigenvalue weighted by Gasteiger charge is -2.26. The number of fused-ring (bicyclic) bond motifs is 1. The summed E-state index contributed by atoms with van der Waals surface area (Å²) >= 11 is 0. The molecule has 170 valence electrons. The van der Waals surface area contributed by atoms with Gasteiger partial charge >= 0.3 is 0 Å². The number of carbonyl (C=O) groups is 1. The maximum atomic E-state index is 9.57. The molecule has 3 aromatic rings. The van der Waals surface area contributed by atoms with Crippen LogP contribution in [0.2, 0.25) is 0 Å². The predicted octanol–water partition coefficient (Wildman–Crippen LogP) is 3.42. The molecule has 1 aliphatic heterocycles. The van der Waals surface area contributed by atoms with Gasteiger partial charge in [0.2, 0.25) is 0 Å². The van der Waals surface area contributed by atoms with Crippen molar-refractivity contribution in [3.63, 3.8) is 0 Å². The Bertz CT molecular complexity index is 1030. The fourth-order valence-corrected chi connectivity index (χ4v) is 3.80. The molecule has 1 fully saturated rings. The summed E-state index contributed by atoms with van der Waals surface area (Å²) in [6.45, 7) is 9.09. The van der Waals surface area contributed by atoms with Crippen molar-refractivity contribution in [3.8, 4) is 17.0 Å².